The Hall–Kier alpha value is -2.85. The Morgan fingerprint density at radius 3 is 2.24 bits per heavy atom. The molecule has 0 aromatic heterocycles. The normalized spacial score (nSPS) is 18.4. The number of sulfonamides is 1. The molecule has 2 heterocycles. The Kier molecular flexibility index (Phi) is 7.57. The van der Waals surface area contributed by atoms with Crippen LogP contribution in [0.1, 0.15) is 39.7 Å². The highest BCUT2D eigenvalue weighted by Gasteiger charge is 2.33. The van der Waals surface area contributed by atoms with Crippen LogP contribution in [0.5, 0.6) is 0 Å². The molecule has 0 unspecified atom stereocenters. The van der Waals surface area contributed by atoms with Gasteiger partial charge in [-0.15, -0.1) is 11.8 Å². The summed E-state index contributed by atoms with van der Waals surface area (Å²) in [5, 5.41) is 3.34. The third-order valence-electron chi connectivity index (χ3n) is 6.51. The highest BCUT2D eigenvalue weighted by molar-refractivity contribution is 8.00. The molecule has 0 spiro atoms. The average molecular weight is 556 g/mol. The van der Waals surface area contributed by atoms with Gasteiger partial charge in [0.1, 0.15) is 5.37 Å². The Morgan fingerprint density at radius 1 is 0.946 bits per heavy atom. The Balaban J connectivity index is 1.24. The molecule has 3 aromatic rings. The molecule has 3 aromatic carbocycles. The van der Waals surface area contributed by atoms with E-state index in [2.05, 4.69) is 5.32 Å². The first-order valence-corrected chi connectivity index (χ1v) is 14.8. The topological polar surface area (TPSA) is 86.8 Å². The minimum atomic E-state index is -3.49. The fraction of sp³-hybridized carbons (Fsp3) is 0.259. The van der Waals surface area contributed by atoms with E-state index in [1.165, 1.54) is 16.4 Å². The maximum absolute atomic E-state index is 12.8. The molecule has 7 nitrogen and oxygen atoms in total. The molecule has 192 valence electrons. The van der Waals surface area contributed by atoms with Crippen molar-refractivity contribution in [2.45, 2.75) is 29.7 Å². The van der Waals surface area contributed by atoms with Crippen molar-refractivity contribution in [3.63, 3.8) is 0 Å². The van der Waals surface area contributed by atoms with Crippen molar-refractivity contribution in [1.82, 2.24) is 9.21 Å². The summed E-state index contributed by atoms with van der Waals surface area (Å²) in [5.74, 6) is 0.182. The first-order valence-electron chi connectivity index (χ1n) is 12.0. The van der Waals surface area contributed by atoms with Crippen molar-refractivity contribution >= 4 is 50.9 Å². The standard InChI is InChI=1S/C27H26ClN3O4S2/c28-22-9-3-19(4-10-22)17-31-25(32)18-36-27(31)21-7-5-20(6-8-21)26(33)29-23-11-13-24(14-12-23)37(34,35)30-15-1-2-16-30/h3-14,27H,1-2,15-18H2,(H,29,33)/t27-/m0/s1. The summed E-state index contributed by atoms with van der Waals surface area (Å²) in [6, 6.07) is 20.9. The van der Waals surface area contributed by atoms with E-state index in [1.54, 1.807) is 36.0 Å². The maximum Gasteiger partial charge on any atom is 0.255 e. The van der Waals surface area contributed by atoms with Crippen LogP contribution in [0.3, 0.4) is 0 Å². The van der Waals surface area contributed by atoms with Crippen LogP contribution in [0.2, 0.25) is 5.02 Å². The molecule has 0 aliphatic carbocycles. The van der Waals surface area contributed by atoms with Crippen molar-refractivity contribution < 1.29 is 18.0 Å². The Bertz CT molecular complexity index is 1390. The Labute approximate surface area is 225 Å². The molecule has 10 heteroatoms. The minimum absolute atomic E-state index is 0.0713. The van der Waals surface area contributed by atoms with E-state index in [1.807, 2.05) is 41.3 Å². The van der Waals surface area contributed by atoms with Gasteiger partial charge in [0.05, 0.1) is 10.6 Å². The quantitative estimate of drug-likeness (QED) is 0.435. The fourth-order valence-corrected chi connectivity index (χ4v) is 7.31. The highest BCUT2D eigenvalue weighted by atomic mass is 35.5. The second kappa shape index (κ2) is 10.9. The second-order valence-corrected chi connectivity index (χ2v) is 12.5. The summed E-state index contributed by atoms with van der Waals surface area (Å²) in [5.41, 5.74) is 2.93. The number of hydrogen-bond donors (Lipinski definition) is 1. The highest BCUT2D eigenvalue weighted by Crippen LogP contribution is 2.39. The summed E-state index contributed by atoms with van der Waals surface area (Å²) in [6.07, 6.45) is 1.75. The molecule has 37 heavy (non-hydrogen) atoms. The van der Waals surface area contributed by atoms with Crippen LogP contribution in [0.15, 0.2) is 77.7 Å². The van der Waals surface area contributed by atoms with Gasteiger partial charge in [-0.2, -0.15) is 4.31 Å². The molecule has 2 aliphatic rings. The summed E-state index contributed by atoms with van der Waals surface area (Å²) in [7, 11) is -3.49. The second-order valence-electron chi connectivity index (χ2n) is 9.02. The third-order valence-corrected chi connectivity index (χ3v) is 9.93. The molecule has 2 saturated heterocycles. The van der Waals surface area contributed by atoms with Gasteiger partial charge in [-0.05, 0) is 72.5 Å². The monoisotopic (exact) mass is 555 g/mol. The number of thioether (sulfide) groups is 1. The largest absolute Gasteiger partial charge is 0.322 e. The molecule has 2 amide bonds. The number of nitrogens with one attached hydrogen (secondary N) is 1. The van der Waals surface area contributed by atoms with Crippen molar-refractivity contribution in [1.29, 1.82) is 0 Å². The van der Waals surface area contributed by atoms with Gasteiger partial charge >= 0.3 is 0 Å². The lowest BCUT2D eigenvalue weighted by atomic mass is 10.1. The molecule has 1 atom stereocenters. The molecular formula is C27H26ClN3O4S2. The number of anilines is 1. The molecule has 2 aliphatic heterocycles. The van der Waals surface area contributed by atoms with Gasteiger partial charge < -0.3 is 10.2 Å². The third kappa shape index (κ3) is 5.70. The number of carbonyl (C=O) groups is 2. The average Bonchev–Trinajstić information content (AvgIpc) is 3.57. The Morgan fingerprint density at radius 2 is 1.59 bits per heavy atom. The predicted octanol–water partition coefficient (Wildman–Crippen LogP) is 5.15. The summed E-state index contributed by atoms with van der Waals surface area (Å²) < 4.78 is 26.9. The lowest BCUT2D eigenvalue weighted by molar-refractivity contribution is -0.128. The van der Waals surface area contributed by atoms with E-state index >= 15 is 0 Å². The van der Waals surface area contributed by atoms with Crippen LogP contribution in [-0.4, -0.2) is 48.3 Å². The van der Waals surface area contributed by atoms with E-state index in [-0.39, 0.29) is 22.1 Å². The van der Waals surface area contributed by atoms with Crippen molar-refractivity contribution in [3.8, 4) is 0 Å². The smallest absolute Gasteiger partial charge is 0.255 e. The summed E-state index contributed by atoms with van der Waals surface area (Å²) in [4.78, 5) is 27.4. The van der Waals surface area contributed by atoms with Crippen molar-refractivity contribution in [2.75, 3.05) is 24.2 Å². The molecule has 5 rings (SSSR count). The molecular weight excluding hydrogens is 530 g/mol. The molecule has 1 N–H and O–H groups in total. The van der Waals surface area contributed by atoms with Crippen molar-refractivity contribution in [3.05, 3.63) is 94.5 Å². The SMILES string of the molecule is O=C(Nc1ccc(S(=O)(=O)N2CCCC2)cc1)c1ccc([C@@H]2SCC(=O)N2Cc2ccc(Cl)cc2)cc1. The van der Waals surface area contributed by atoms with Gasteiger partial charge in [0.25, 0.3) is 5.91 Å². The van der Waals surface area contributed by atoms with Crippen LogP contribution >= 0.6 is 23.4 Å². The van der Waals surface area contributed by atoms with Gasteiger partial charge in [0.2, 0.25) is 15.9 Å². The molecule has 0 radical (unpaired) electrons. The van der Waals surface area contributed by atoms with Crippen LogP contribution in [0, 0.1) is 0 Å². The predicted molar refractivity (Wildman–Crippen MR) is 146 cm³/mol. The zero-order valence-electron chi connectivity index (χ0n) is 20.0. The van der Waals surface area contributed by atoms with E-state index < -0.39 is 10.0 Å². The minimum Gasteiger partial charge on any atom is -0.322 e. The summed E-state index contributed by atoms with van der Waals surface area (Å²) >= 11 is 7.54. The maximum atomic E-state index is 12.8. The van der Waals surface area contributed by atoms with E-state index in [9.17, 15) is 18.0 Å². The van der Waals surface area contributed by atoms with Crippen molar-refractivity contribution in [2.24, 2.45) is 0 Å². The van der Waals surface area contributed by atoms with Crippen LogP contribution in [-0.2, 0) is 21.4 Å². The number of carbonyl (C=O) groups excluding carboxylic acids is 2. The number of rotatable bonds is 7. The van der Waals surface area contributed by atoms with Gasteiger partial charge in [-0.1, -0.05) is 35.9 Å². The number of benzene rings is 3. The number of hydrogen-bond acceptors (Lipinski definition) is 5. The molecule has 0 bridgehead atoms. The zero-order chi connectivity index (χ0) is 26.0. The fourth-order valence-electron chi connectivity index (χ4n) is 4.48. The van der Waals surface area contributed by atoms with Gasteiger partial charge in [0, 0.05) is 35.9 Å². The van der Waals surface area contributed by atoms with Crippen LogP contribution < -0.4 is 5.32 Å². The van der Waals surface area contributed by atoms with Gasteiger partial charge in [0.15, 0.2) is 0 Å². The number of halogens is 1. The lowest BCUT2D eigenvalue weighted by Gasteiger charge is -2.24. The van der Waals surface area contributed by atoms with Gasteiger partial charge in [-0.3, -0.25) is 9.59 Å². The number of nitrogens with zero attached hydrogens (tertiary/aromatic N) is 2. The zero-order valence-corrected chi connectivity index (χ0v) is 22.4. The van der Waals surface area contributed by atoms with Gasteiger partial charge in [-0.25, -0.2) is 8.42 Å². The molecule has 0 saturated carbocycles. The lowest BCUT2D eigenvalue weighted by Crippen LogP contribution is -2.27. The van der Waals surface area contributed by atoms with Crippen LogP contribution in [0.25, 0.3) is 0 Å². The molecule has 2 fully saturated rings. The van der Waals surface area contributed by atoms with E-state index in [0.717, 1.165) is 24.0 Å². The van der Waals surface area contributed by atoms with E-state index in [0.29, 0.717) is 41.7 Å². The summed E-state index contributed by atoms with van der Waals surface area (Å²) in [6.45, 7) is 1.58. The van der Waals surface area contributed by atoms with E-state index in [4.69, 9.17) is 11.6 Å². The van der Waals surface area contributed by atoms with Crippen LogP contribution in [0.4, 0.5) is 5.69 Å². The number of amides is 2. The first-order chi connectivity index (χ1) is 17.8. The first kappa shape index (κ1) is 25.8.